The Balaban J connectivity index is 1.37. The summed E-state index contributed by atoms with van der Waals surface area (Å²) in [6.45, 7) is 1.40. The molecule has 0 spiro atoms. The Morgan fingerprint density at radius 3 is 1.60 bits per heavy atom. The van der Waals surface area contributed by atoms with Gasteiger partial charge in [-0.05, 0) is 85.6 Å². The summed E-state index contributed by atoms with van der Waals surface area (Å²) in [5, 5.41) is 5.96. The Bertz CT molecular complexity index is 1520. The lowest BCUT2D eigenvalue weighted by Crippen LogP contribution is -2.35. The first-order valence-corrected chi connectivity index (χ1v) is 17.6. The molecule has 1 fully saturated rings. The molecule has 5 aromatic carbocycles. The fourth-order valence-corrected chi connectivity index (χ4v) is 11.1. The van der Waals surface area contributed by atoms with Crippen molar-refractivity contribution >= 4 is 42.4 Å². The Morgan fingerprint density at radius 2 is 1.12 bits per heavy atom. The van der Waals surface area contributed by atoms with Gasteiger partial charge in [-0.25, -0.2) is 0 Å². The zero-order chi connectivity index (χ0) is 29.6. The van der Waals surface area contributed by atoms with E-state index in [9.17, 15) is 13.2 Å². The molecule has 1 atom stereocenters. The molecule has 0 unspecified atom stereocenters. The van der Waals surface area contributed by atoms with Crippen LogP contribution in [0.4, 0.5) is 13.2 Å². The minimum Gasteiger partial charge on any atom is -0.296 e. The second-order valence-corrected chi connectivity index (χ2v) is 15.3. The number of hydrogen-bond donors (Lipinski definition) is 0. The molecule has 0 radical (unpaired) electrons. The van der Waals surface area contributed by atoms with Crippen molar-refractivity contribution in [1.82, 2.24) is 4.90 Å². The van der Waals surface area contributed by atoms with Crippen molar-refractivity contribution < 1.29 is 13.2 Å². The average molecular weight is 612 g/mol. The fraction of sp³-hybridized carbons (Fsp3) is 0.189. The molecule has 1 heterocycles. The maximum atomic E-state index is 14.1. The molecule has 0 N–H and O–H groups in total. The average Bonchev–Trinajstić information content (AvgIpc) is 3.48. The molecule has 6 rings (SSSR count). The minimum absolute atomic E-state index is 0.300. The number of nitrogens with zero attached hydrogens (tertiary/aromatic N) is 1. The van der Waals surface area contributed by atoms with Crippen LogP contribution in [0.25, 0.3) is 0 Å². The highest BCUT2D eigenvalue weighted by molar-refractivity contribution is 7.80. The summed E-state index contributed by atoms with van der Waals surface area (Å²) in [5.74, 6) is 0. The number of benzene rings is 5. The van der Waals surface area contributed by atoms with Gasteiger partial charge in [-0.2, -0.15) is 13.2 Å². The second-order valence-electron chi connectivity index (χ2n) is 10.9. The van der Waals surface area contributed by atoms with E-state index in [0.717, 1.165) is 47.0 Å². The van der Waals surface area contributed by atoms with E-state index in [-0.39, 0.29) is 0 Å². The lowest BCUT2D eigenvalue weighted by Gasteiger charge is -2.31. The molecule has 0 amide bonds. The third kappa shape index (κ3) is 7.10. The van der Waals surface area contributed by atoms with E-state index in [2.05, 4.69) is 89.8 Å². The van der Waals surface area contributed by atoms with Gasteiger partial charge in [0.15, 0.2) is 0 Å². The summed E-state index contributed by atoms with van der Waals surface area (Å²) in [5.41, 5.74) is 0.207. The van der Waals surface area contributed by atoms with Gasteiger partial charge in [0.1, 0.15) is 0 Å². The SMILES string of the molecule is FC(F)(F)c1ccc(P(c2ccccc2)c2ccccc2)c(CN2CCC[C@H]2CP(c2ccccc2)c2ccccc2)c1. The highest BCUT2D eigenvalue weighted by Gasteiger charge is 2.34. The Hall–Kier alpha value is -3.29. The molecule has 43 heavy (non-hydrogen) atoms. The predicted molar refractivity (Wildman–Crippen MR) is 178 cm³/mol. The summed E-state index contributed by atoms with van der Waals surface area (Å²) >= 11 is 0. The molecule has 0 aromatic heterocycles. The van der Waals surface area contributed by atoms with Gasteiger partial charge in [0.2, 0.25) is 0 Å². The fourth-order valence-electron chi connectivity index (χ4n) is 6.00. The van der Waals surface area contributed by atoms with Crippen LogP contribution >= 0.6 is 15.8 Å². The molecule has 1 aliphatic heterocycles. The molecule has 1 aliphatic rings. The van der Waals surface area contributed by atoms with Gasteiger partial charge in [0.05, 0.1) is 5.56 Å². The van der Waals surface area contributed by atoms with Crippen molar-refractivity contribution in [3.8, 4) is 0 Å². The quantitative estimate of drug-likeness (QED) is 0.156. The van der Waals surface area contributed by atoms with Crippen LogP contribution in [0.15, 0.2) is 140 Å². The number of halogens is 3. The monoisotopic (exact) mass is 611 g/mol. The summed E-state index contributed by atoms with van der Waals surface area (Å²) < 4.78 is 42.2. The number of likely N-dealkylation sites (tertiary alicyclic amines) is 1. The zero-order valence-corrected chi connectivity index (χ0v) is 25.7. The van der Waals surface area contributed by atoms with Crippen LogP contribution in [0.5, 0.6) is 0 Å². The van der Waals surface area contributed by atoms with Gasteiger partial charge in [0, 0.05) is 12.6 Å². The topological polar surface area (TPSA) is 3.24 Å². The first kappa shape index (κ1) is 29.8. The van der Waals surface area contributed by atoms with Gasteiger partial charge in [-0.3, -0.25) is 4.90 Å². The lowest BCUT2D eigenvalue weighted by molar-refractivity contribution is -0.137. The summed E-state index contributed by atoms with van der Waals surface area (Å²) in [6.07, 6.45) is -1.30. The molecule has 0 aliphatic carbocycles. The van der Waals surface area contributed by atoms with Crippen LogP contribution in [0.1, 0.15) is 24.0 Å². The van der Waals surface area contributed by atoms with E-state index in [1.165, 1.54) is 22.7 Å². The van der Waals surface area contributed by atoms with E-state index < -0.39 is 27.6 Å². The number of rotatable bonds is 9. The number of alkyl halides is 3. The Kier molecular flexibility index (Phi) is 9.39. The van der Waals surface area contributed by atoms with E-state index >= 15 is 0 Å². The van der Waals surface area contributed by atoms with Crippen LogP contribution in [0.2, 0.25) is 0 Å². The van der Waals surface area contributed by atoms with Crippen molar-refractivity contribution in [3.05, 3.63) is 151 Å². The van der Waals surface area contributed by atoms with E-state index in [1.54, 1.807) is 6.07 Å². The maximum absolute atomic E-state index is 14.1. The van der Waals surface area contributed by atoms with Gasteiger partial charge < -0.3 is 0 Å². The highest BCUT2D eigenvalue weighted by Crippen LogP contribution is 2.40. The first-order chi connectivity index (χ1) is 21.0. The molecule has 1 nitrogen and oxygen atoms in total. The van der Waals surface area contributed by atoms with Gasteiger partial charge in [-0.1, -0.05) is 127 Å². The van der Waals surface area contributed by atoms with Crippen LogP contribution < -0.4 is 26.5 Å². The molecular weight excluding hydrogens is 577 g/mol. The van der Waals surface area contributed by atoms with E-state index in [1.807, 2.05) is 36.4 Å². The van der Waals surface area contributed by atoms with Crippen molar-refractivity contribution in [2.75, 3.05) is 12.7 Å². The third-order valence-corrected chi connectivity index (χ3v) is 13.3. The molecular formula is C37H34F3NP2. The van der Waals surface area contributed by atoms with Gasteiger partial charge in [0.25, 0.3) is 0 Å². The Labute approximate surface area is 254 Å². The van der Waals surface area contributed by atoms with Crippen molar-refractivity contribution in [1.29, 1.82) is 0 Å². The predicted octanol–water partition coefficient (Wildman–Crippen LogP) is 7.56. The molecule has 1 saturated heterocycles. The van der Waals surface area contributed by atoms with E-state index in [4.69, 9.17) is 0 Å². The molecule has 5 aromatic rings. The lowest BCUT2D eigenvalue weighted by atomic mass is 10.1. The molecule has 6 heteroatoms. The summed E-state index contributed by atoms with van der Waals surface area (Å²) in [7, 11) is -1.63. The van der Waals surface area contributed by atoms with Gasteiger partial charge in [-0.15, -0.1) is 0 Å². The Morgan fingerprint density at radius 1 is 0.628 bits per heavy atom. The van der Waals surface area contributed by atoms with Gasteiger partial charge >= 0.3 is 6.18 Å². The molecule has 0 saturated carbocycles. The van der Waals surface area contributed by atoms with Crippen molar-refractivity contribution in [2.45, 2.75) is 31.6 Å². The van der Waals surface area contributed by atoms with Crippen LogP contribution in [-0.2, 0) is 12.7 Å². The largest absolute Gasteiger partial charge is 0.416 e. The van der Waals surface area contributed by atoms with Crippen LogP contribution in [0.3, 0.4) is 0 Å². The molecule has 218 valence electrons. The zero-order valence-electron chi connectivity index (χ0n) is 23.9. The minimum atomic E-state index is -4.39. The molecule has 0 bridgehead atoms. The smallest absolute Gasteiger partial charge is 0.296 e. The second kappa shape index (κ2) is 13.6. The summed E-state index contributed by atoms with van der Waals surface area (Å²) in [6, 6.07) is 46.6. The van der Waals surface area contributed by atoms with Crippen molar-refractivity contribution in [2.24, 2.45) is 0 Å². The first-order valence-electron chi connectivity index (χ1n) is 14.7. The third-order valence-electron chi connectivity index (χ3n) is 8.08. The van der Waals surface area contributed by atoms with Crippen LogP contribution in [0, 0.1) is 0 Å². The normalized spacial score (nSPS) is 15.8. The van der Waals surface area contributed by atoms with Crippen LogP contribution in [-0.4, -0.2) is 23.6 Å². The highest BCUT2D eigenvalue weighted by atomic mass is 31.1. The standard InChI is InChI=1S/C37H34F3NP2/c38-37(39,40)30-23-24-36(43(34-19-9-3-10-20-34)35-21-11-4-12-22-35)29(26-30)27-41-25-13-14-31(41)28-42(32-15-5-1-6-16-32)33-17-7-2-8-18-33/h1-12,15-24,26,31H,13-14,25,27-28H2/t31-/m0/s1. The maximum Gasteiger partial charge on any atom is 0.416 e. The number of hydrogen-bond acceptors (Lipinski definition) is 1. The van der Waals surface area contributed by atoms with E-state index in [0.29, 0.717) is 12.6 Å². The summed E-state index contributed by atoms with van der Waals surface area (Å²) in [4.78, 5) is 2.45. The van der Waals surface area contributed by atoms with Crippen molar-refractivity contribution in [3.63, 3.8) is 0 Å².